The number of rotatable bonds is 4. The van der Waals surface area contributed by atoms with Crippen molar-refractivity contribution in [2.45, 2.75) is 38.6 Å². The second-order valence-electron chi connectivity index (χ2n) is 5.75. The molecule has 1 aliphatic rings. The van der Waals surface area contributed by atoms with Crippen molar-refractivity contribution in [1.82, 2.24) is 9.88 Å². The molecule has 0 aliphatic carbocycles. The first kappa shape index (κ1) is 14.9. The molecule has 1 saturated heterocycles. The summed E-state index contributed by atoms with van der Waals surface area (Å²) >= 11 is 1.57. The Kier molecular flexibility index (Phi) is 3.83. The Labute approximate surface area is 133 Å². The van der Waals surface area contributed by atoms with E-state index in [1.807, 2.05) is 49.6 Å². The zero-order valence-electron chi connectivity index (χ0n) is 12.7. The molecule has 0 spiro atoms. The number of thiazole rings is 1. The Hall–Kier alpha value is -2.01. The zero-order chi connectivity index (χ0) is 15.7. The molecule has 1 unspecified atom stereocenters. The largest absolute Gasteiger partial charge is 0.276 e. The van der Waals surface area contributed by atoms with Gasteiger partial charge in [-0.2, -0.15) is 0 Å². The quantitative estimate of drug-likeness (QED) is 0.815. The van der Waals surface area contributed by atoms with E-state index in [0.29, 0.717) is 0 Å². The summed E-state index contributed by atoms with van der Waals surface area (Å²) in [5.74, 6) is -0.253. The van der Waals surface area contributed by atoms with Crippen LogP contribution in [-0.2, 0) is 28.0 Å². The summed E-state index contributed by atoms with van der Waals surface area (Å²) in [7, 11) is 0. The molecule has 1 fully saturated rings. The van der Waals surface area contributed by atoms with Crippen LogP contribution in [0.25, 0.3) is 0 Å². The Balaban J connectivity index is 1.85. The number of carbonyl (C=O) groups is 2. The van der Waals surface area contributed by atoms with Gasteiger partial charge >= 0.3 is 0 Å². The second-order valence-corrected chi connectivity index (χ2v) is 6.69. The predicted octanol–water partition coefficient (Wildman–Crippen LogP) is 2.92. The first-order valence-corrected chi connectivity index (χ1v) is 8.26. The molecule has 3 rings (SSSR count). The number of amides is 2. The van der Waals surface area contributed by atoms with E-state index in [1.165, 1.54) is 4.90 Å². The van der Waals surface area contributed by atoms with Crippen molar-refractivity contribution in [3.63, 3.8) is 0 Å². The molecule has 4 nitrogen and oxygen atoms in total. The van der Waals surface area contributed by atoms with Crippen LogP contribution in [0.5, 0.6) is 0 Å². The maximum absolute atomic E-state index is 12.8. The predicted molar refractivity (Wildman–Crippen MR) is 85.5 cm³/mol. The van der Waals surface area contributed by atoms with Gasteiger partial charge in [0, 0.05) is 11.8 Å². The van der Waals surface area contributed by atoms with Crippen LogP contribution in [0.2, 0.25) is 0 Å². The summed E-state index contributed by atoms with van der Waals surface area (Å²) < 4.78 is 0. The van der Waals surface area contributed by atoms with Gasteiger partial charge in [-0.1, -0.05) is 37.3 Å². The van der Waals surface area contributed by atoms with Gasteiger partial charge in [-0.15, -0.1) is 11.3 Å². The van der Waals surface area contributed by atoms with Gasteiger partial charge in [-0.25, -0.2) is 4.98 Å². The van der Waals surface area contributed by atoms with E-state index in [1.54, 1.807) is 11.3 Å². The molecule has 2 amide bonds. The molecule has 1 atom stereocenters. The summed E-state index contributed by atoms with van der Waals surface area (Å²) in [5.41, 5.74) is 0.923. The normalized spacial score (nSPS) is 21.6. The van der Waals surface area contributed by atoms with E-state index in [9.17, 15) is 9.59 Å². The van der Waals surface area contributed by atoms with E-state index < -0.39 is 5.41 Å². The number of likely N-dealkylation sites (tertiary alicyclic amines) is 1. The van der Waals surface area contributed by atoms with E-state index in [-0.39, 0.29) is 24.8 Å². The average Bonchev–Trinajstić information content (AvgIpc) is 3.07. The summed E-state index contributed by atoms with van der Waals surface area (Å²) in [6.07, 6.45) is 1.09. The lowest BCUT2D eigenvalue weighted by atomic mass is 9.81. The molecule has 1 aromatic carbocycles. The molecule has 2 aromatic rings. The van der Waals surface area contributed by atoms with Gasteiger partial charge in [0.25, 0.3) is 0 Å². The van der Waals surface area contributed by atoms with Gasteiger partial charge in [0.05, 0.1) is 22.7 Å². The number of benzene rings is 1. The third-order valence-corrected chi connectivity index (χ3v) is 5.20. The van der Waals surface area contributed by atoms with Crippen molar-refractivity contribution in [2.75, 3.05) is 0 Å². The van der Waals surface area contributed by atoms with Crippen molar-refractivity contribution in [2.24, 2.45) is 0 Å². The minimum atomic E-state index is -0.762. The number of hydrogen-bond donors (Lipinski definition) is 0. The van der Waals surface area contributed by atoms with Crippen molar-refractivity contribution in [3.8, 4) is 0 Å². The lowest BCUT2D eigenvalue weighted by Crippen LogP contribution is -2.36. The Morgan fingerprint density at radius 2 is 2.00 bits per heavy atom. The van der Waals surface area contributed by atoms with Crippen LogP contribution >= 0.6 is 11.3 Å². The second kappa shape index (κ2) is 5.65. The van der Waals surface area contributed by atoms with Crippen LogP contribution in [0, 0.1) is 0 Å². The Morgan fingerprint density at radius 3 is 2.64 bits per heavy atom. The lowest BCUT2D eigenvalue weighted by Gasteiger charge is -2.22. The van der Waals surface area contributed by atoms with Crippen LogP contribution < -0.4 is 0 Å². The SMILES string of the molecule is CCc1nc(CN2C(=O)CC(C)(c3ccccc3)C2=O)cs1. The molecule has 5 heteroatoms. The highest BCUT2D eigenvalue weighted by atomic mass is 32.1. The van der Waals surface area contributed by atoms with Crippen LogP contribution in [0.4, 0.5) is 0 Å². The molecule has 0 radical (unpaired) electrons. The fraction of sp³-hybridized carbons (Fsp3) is 0.353. The number of aryl methyl sites for hydroxylation is 1. The van der Waals surface area contributed by atoms with Gasteiger partial charge in [-0.05, 0) is 18.9 Å². The maximum Gasteiger partial charge on any atom is 0.240 e. The summed E-state index contributed by atoms with van der Waals surface area (Å²) in [6.45, 7) is 4.17. The molecule has 0 saturated carbocycles. The van der Waals surface area contributed by atoms with Gasteiger partial charge in [0.1, 0.15) is 0 Å². The van der Waals surface area contributed by atoms with Crippen molar-refractivity contribution in [1.29, 1.82) is 0 Å². The number of carbonyl (C=O) groups excluding carboxylic acids is 2. The highest BCUT2D eigenvalue weighted by Gasteiger charge is 2.49. The first-order valence-electron chi connectivity index (χ1n) is 7.38. The number of aromatic nitrogens is 1. The van der Waals surface area contributed by atoms with Crippen molar-refractivity contribution in [3.05, 3.63) is 52.0 Å². The molecular formula is C17H18N2O2S. The molecule has 0 bridgehead atoms. The van der Waals surface area contributed by atoms with Gasteiger partial charge in [0.15, 0.2) is 0 Å². The van der Waals surface area contributed by atoms with Crippen LogP contribution in [0.15, 0.2) is 35.7 Å². The van der Waals surface area contributed by atoms with Crippen LogP contribution in [0.1, 0.15) is 36.5 Å². The molecule has 2 heterocycles. The monoisotopic (exact) mass is 314 g/mol. The fourth-order valence-electron chi connectivity index (χ4n) is 2.82. The molecular weight excluding hydrogens is 296 g/mol. The molecule has 1 aliphatic heterocycles. The molecule has 114 valence electrons. The van der Waals surface area contributed by atoms with Crippen molar-refractivity contribution >= 4 is 23.2 Å². The van der Waals surface area contributed by atoms with E-state index in [0.717, 1.165) is 22.7 Å². The maximum atomic E-state index is 12.8. The fourth-order valence-corrected chi connectivity index (χ4v) is 3.56. The van der Waals surface area contributed by atoms with Gasteiger partial charge in [-0.3, -0.25) is 14.5 Å². The van der Waals surface area contributed by atoms with Crippen molar-refractivity contribution < 1.29 is 9.59 Å². The number of nitrogens with zero attached hydrogens (tertiary/aromatic N) is 2. The number of hydrogen-bond acceptors (Lipinski definition) is 4. The average molecular weight is 314 g/mol. The third-order valence-electron chi connectivity index (χ3n) is 4.16. The Morgan fingerprint density at radius 1 is 1.27 bits per heavy atom. The minimum Gasteiger partial charge on any atom is -0.276 e. The standard InChI is InChI=1S/C17H18N2O2S/c1-3-14-18-13(11-22-14)10-19-15(20)9-17(2,16(19)21)12-7-5-4-6-8-12/h4-8,11H,3,9-10H2,1-2H3. The molecule has 22 heavy (non-hydrogen) atoms. The zero-order valence-corrected chi connectivity index (χ0v) is 13.5. The van der Waals surface area contributed by atoms with Gasteiger partial charge < -0.3 is 0 Å². The third kappa shape index (κ3) is 2.46. The van der Waals surface area contributed by atoms with Gasteiger partial charge in [0.2, 0.25) is 11.8 Å². The highest BCUT2D eigenvalue weighted by Crippen LogP contribution is 2.36. The Bertz CT molecular complexity index is 710. The summed E-state index contributed by atoms with van der Waals surface area (Å²) in [5, 5.41) is 2.96. The lowest BCUT2D eigenvalue weighted by molar-refractivity contribution is -0.140. The topological polar surface area (TPSA) is 50.3 Å². The first-order chi connectivity index (χ1) is 10.5. The van der Waals surface area contributed by atoms with Crippen LogP contribution in [-0.4, -0.2) is 21.7 Å². The summed E-state index contributed by atoms with van der Waals surface area (Å²) in [4.78, 5) is 30.9. The summed E-state index contributed by atoms with van der Waals surface area (Å²) in [6, 6.07) is 9.52. The van der Waals surface area contributed by atoms with E-state index >= 15 is 0 Å². The van der Waals surface area contributed by atoms with Crippen LogP contribution in [0.3, 0.4) is 0 Å². The highest BCUT2D eigenvalue weighted by molar-refractivity contribution is 7.09. The minimum absolute atomic E-state index is 0.123. The smallest absolute Gasteiger partial charge is 0.240 e. The molecule has 0 N–H and O–H groups in total. The van der Waals surface area contributed by atoms with E-state index in [4.69, 9.17) is 0 Å². The van der Waals surface area contributed by atoms with E-state index in [2.05, 4.69) is 4.98 Å². The molecule has 1 aromatic heterocycles. The number of imide groups is 1.